The van der Waals surface area contributed by atoms with Crippen LogP contribution in [0.2, 0.25) is 0 Å². The Morgan fingerprint density at radius 1 is 0.875 bits per heavy atom. The molecule has 0 fully saturated rings. The minimum atomic E-state index is -0.354. The molecule has 0 amide bonds. The third-order valence-corrected chi connectivity index (χ3v) is 4.75. The molecule has 0 spiro atoms. The largest absolute Gasteiger partial charge is 0.494 e. The molecular weight excluding hydrogens is 406 g/mol. The van der Waals surface area contributed by atoms with Crippen molar-refractivity contribution in [2.45, 2.75) is 38.5 Å². The summed E-state index contributed by atoms with van der Waals surface area (Å²) < 4.78 is 15.4. The van der Waals surface area contributed by atoms with E-state index in [-0.39, 0.29) is 11.9 Å². The Hall–Kier alpha value is -3.41. The van der Waals surface area contributed by atoms with Crippen LogP contribution in [-0.4, -0.2) is 38.5 Å². The average molecular weight is 438 g/mol. The third-order valence-electron chi connectivity index (χ3n) is 4.75. The lowest BCUT2D eigenvalue weighted by Gasteiger charge is -2.06. The first kappa shape index (κ1) is 24.9. The van der Waals surface area contributed by atoms with Crippen LogP contribution in [0.5, 0.6) is 5.75 Å². The molecule has 0 heterocycles. The van der Waals surface area contributed by atoms with Gasteiger partial charge in [-0.2, -0.15) is 0 Å². The zero-order valence-corrected chi connectivity index (χ0v) is 18.6. The van der Waals surface area contributed by atoms with Crippen LogP contribution in [0.15, 0.2) is 66.2 Å². The molecule has 2 rings (SSSR count). The first-order valence-corrected chi connectivity index (χ1v) is 10.9. The molecule has 0 aliphatic carbocycles. The molecule has 0 unspecified atom stereocenters. The zero-order chi connectivity index (χ0) is 23.0. The van der Waals surface area contributed by atoms with Gasteiger partial charge in [-0.3, -0.25) is 4.99 Å². The van der Waals surface area contributed by atoms with Gasteiger partial charge in [0.15, 0.2) is 0 Å². The summed E-state index contributed by atoms with van der Waals surface area (Å²) >= 11 is 0. The Morgan fingerprint density at radius 2 is 1.50 bits per heavy atom. The van der Waals surface area contributed by atoms with Gasteiger partial charge in [0, 0.05) is 12.3 Å². The van der Waals surface area contributed by atoms with E-state index >= 15 is 0 Å². The van der Waals surface area contributed by atoms with Crippen LogP contribution in [0.3, 0.4) is 0 Å². The number of carbonyl (C=O) groups excluding carboxylic acids is 2. The fraction of sp³-hybridized carbons (Fsp3) is 0.346. The number of methoxy groups -OCH3 is 1. The maximum absolute atomic E-state index is 11.5. The number of esters is 2. The van der Waals surface area contributed by atoms with Crippen LogP contribution in [0, 0.1) is 0 Å². The van der Waals surface area contributed by atoms with E-state index in [4.69, 9.17) is 14.2 Å². The van der Waals surface area contributed by atoms with Crippen molar-refractivity contribution in [1.82, 2.24) is 0 Å². The van der Waals surface area contributed by atoms with Crippen LogP contribution in [0.25, 0.3) is 0 Å². The summed E-state index contributed by atoms with van der Waals surface area (Å²) in [5, 5.41) is 0. The second-order valence-corrected chi connectivity index (χ2v) is 7.21. The van der Waals surface area contributed by atoms with Crippen molar-refractivity contribution in [2.75, 3.05) is 20.3 Å². The van der Waals surface area contributed by atoms with E-state index in [0.717, 1.165) is 55.5 Å². The van der Waals surface area contributed by atoms with Crippen molar-refractivity contribution in [3.05, 3.63) is 72.3 Å². The first-order chi connectivity index (χ1) is 15.6. The second-order valence-electron chi connectivity index (χ2n) is 7.21. The predicted molar refractivity (Wildman–Crippen MR) is 126 cm³/mol. The molecule has 0 radical (unpaired) electrons. The van der Waals surface area contributed by atoms with E-state index in [1.807, 2.05) is 36.4 Å². The van der Waals surface area contributed by atoms with E-state index in [1.165, 1.54) is 13.2 Å². The molecule has 0 aromatic heterocycles. The smallest absolute Gasteiger partial charge is 0.337 e. The highest BCUT2D eigenvalue weighted by Gasteiger charge is 2.03. The number of benzene rings is 2. The number of nitrogens with zero attached hydrogens (tertiary/aromatic N) is 1. The van der Waals surface area contributed by atoms with Crippen LogP contribution in [0.1, 0.15) is 54.4 Å². The topological polar surface area (TPSA) is 74.2 Å². The molecule has 0 saturated carbocycles. The van der Waals surface area contributed by atoms with E-state index in [1.54, 1.807) is 18.3 Å². The predicted octanol–water partition coefficient (Wildman–Crippen LogP) is 5.67. The lowest BCUT2D eigenvalue weighted by atomic mass is 10.1. The van der Waals surface area contributed by atoms with Gasteiger partial charge in [0.2, 0.25) is 0 Å². The van der Waals surface area contributed by atoms with E-state index in [0.29, 0.717) is 18.8 Å². The van der Waals surface area contributed by atoms with Gasteiger partial charge >= 0.3 is 11.9 Å². The summed E-state index contributed by atoms with van der Waals surface area (Å²) in [5.41, 5.74) is 2.24. The number of unbranched alkanes of at least 4 members (excludes halogenated alkanes) is 5. The number of ether oxygens (including phenoxy) is 3. The molecule has 6 heteroatoms. The molecule has 2 aromatic rings. The fourth-order valence-electron chi connectivity index (χ4n) is 2.93. The Morgan fingerprint density at radius 3 is 2.12 bits per heavy atom. The average Bonchev–Trinajstić information content (AvgIpc) is 2.84. The molecule has 2 aromatic carbocycles. The quantitative estimate of drug-likeness (QED) is 0.165. The van der Waals surface area contributed by atoms with Crippen LogP contribution in [0.4, 0.5) is 5.69 Å². The van der Waals surface area contributed by atoms with Gasteiger partial charge < -0.3 is 14.2 Å². The van der Waals surface area contributed by atoms with Crippen molar-refractivity contribution in [1.29, 1.82) is 0 Å². The summed E-state index contributed by atoms with van der Waals surface area (Å²) in [7, 11) is 1.36. The molecule has 0 atom stereocenters. The minimum Gasteiger partial charge on any atom is -0.494 e. The molecule has 0 N–H and O–H groups in total. The molecule has 0 bridgehead atoms. The Kier molecular flexibility index (Phi) is 11.3. The highest BCUT2D eigenvalue weighted by molar-refractivity contribution is 5.91. The Bertz CT molecular complexity index is 872. The minimum absolute atomic E-state index is 0.353. The van der Waals surface area contributed by atoms with Gasteiger partial charge in [0.1, 0.15) is 5.75 Å². The molecule has 0 aliphatic rings. The van der Waals surface area contributed by atoms with Crippen molar-refractivity contribution < 1.29 is 23.8 Å². The molecule has 0 aliphatic heterocycles. The highest BCUT2D eigenvalue weighted by Crippen LogP contribution is 2.19. The lowest BCUT2D eigenvalue weighted by molar-refractivity contribution is -0.137. The molecule has 170 valence electrons. The maximum atomic E-state index is 11.5. The summed E-state index contributed by atoms with van der Waals surface area (Å²) in [5.74, 6) is 0.122. The molecular formula is C26H31NO5. The fourth-order valence-corrected chi connectivity index (χ4v) is 2.93. The van der Waals surface area contributed by atoms with Crippen molar-refractivity contribution >= 4 is 23.8 Å². The number of carbonyl (C=O) groups is 2. The monoisotopic (exact) mass is 437 g/mol. The van der Waals surface area contributed by atoms with Crippen LogP contribution < -0.4 is 4.74 Å². The van der Waals surface area contributed by atoms with E-state index in [9.17, 15) is 9.59 Å². The number of hydrogen-bond acceptors (Lipinski definition) is 6. The third kappa shape index (κ3) is 9.60. The SMILES string of the molecule is C=CC(=O)OCCCCCCCCOc1ccc(N=Cc2ccc(C(=O)OC)cc2)cc1. The zero-order valence-electron chi connectivity index (χ0n) is 18.6. The summed E-state index contributed by atoms with van der Waals surface area (Å²) in [6.07, 6.45) is 9.29. The lowest BCUT2D eigenvalue weighted by Crippen LogP contribution is -2.01. The van der Waals surface area contributed by atoms with Gasteiger partial charge in [0.05, 0.1) is 31.6 Å². The first-order valence-electron chi connectivity index (χ1n) is 10.9. The second kappa shape index (κ2) is 14.6. The van der Waals surface area contributed by atoms with Crippen molar-refractivity contribution in [3.63, 3.8) is 0 Å². The van der Waals surface area contributed by atoms with E-state index < -0.39 is 0 Å². The summed E-state index contributed by atoms with van der Waals surface area (Å²) in [4.78, 5) is 26.8. The normalized spacial score (nSPS) is 10.7. The van der Waals surface area contributed by atoms with Crippen LogP contribution in [-0.2, 0) is 14.3 Å². The standard InChI is InChI=1S/C26H31NO5/c1-3-25(28)32-19-9-7-5-4-6-8-18-31-24-16-14-23(15-17-24)27-20-21-10-12-22(13-11-21)26(29)30-2/h3,10-17,20H,1,4-9,18-19H2,2H3. The van der Waals surface area contributed by atoms with Gasteiger partial charge in [-0.25, -0.2) is 9.59 Å². The van der Waals surface area contributed by atoms with Gasteiger partial charge in [-0.05, 0) is 54.8 Å². The summed E-state index contributed by atoms with van der Waals surface area (Å²) in [6.45, 7) is 4.52. The number of hydrogen-bond donors (Lipinski definition) is 0. The maximum Gasteiger partial charge on any atom is 0.337 e. The number of aliphatic imine (C=N–C) groups is 1. The van der Waals surface area contributed by atoms with Gasteiger partial charge in [-0.1, -0.05) is 44.4 Å². The Labute approximate surface area is 189 Å². The van der Waals surface area contributed by atoms with Crippen LogP contribution >= 0.6 is 0 Å². The van der Waals surface area contributed by atoms with Gasteiger partial charge in [0.25, 0.3) is 0 Å². The molecule has 32 heavy (non-hydrogen) atoms. The molecule has 0 saturated heterocycles. The van der Waals surface area contributed by atoms with Gasteiger partial charge in [-0.15, -0.1) is 0 Å². The van der Waals surface area contributed by atoms with Crippen molar-refractivity contribution in [3.8, 4) is 5.75 Å². The van der Waals surface area contributed by atoms with Crippen molar-refractivity contribution in [2.24, 2.45) is 4.99 Å². The highest BCUT2D eigenvalue weighted by atomic mass is 16.5. The number of rotatable bonds is 14. The Balaban J connectivity index is 1.60. The molecule has 6 nitrogen and oxygen atoms in total. The van der Waals surface area contributed by atoms with E-state index in [2.05, 4.69) is 11.6 Å². The summed E-state index contributed by atoms with van der Waals surface area (Å²) in [6, 6.07) is 14.7.